The van der Waals surface area contributed by atoms with Gasteiger partial charge in [-0.3, -0.25) is 19.0 Å². The molecule has 0 spiro atoms. The van der Waals surface area contributed by atoms with E-state index in [0.29, 0.717) is 22.6 Å². The zero-order valence-corrected chi connectivity index (χ0v) is 41.9. The molecular weight excluding hydrogens is 959 g/mol. The summed E-state index contributed by atoms with van der Waals surface area (Å²) in [5, 5.41) is 18.7. The number of aliphatic hydroxyl groups excluding tert-OH is 1. The number of nitrogens with zero attached hydrogens (tertiary/aromatic N) is 4. The van der Waals surface area contributed by atoms with Crippen molar-refractivity contribution >= 4 is 56.6 Å². The van der Waals surface area contributed by atoms with Gasteiger partial charge in [0.05, 0.1) is 39.3 Å². The lowest BCUT2D eigenvalue weighted by Gasteiger charge is -2.42. The SMILES string of the molecule is C=CCOc1nc(N[C@@H]2c3c(ccc4ccc5ccccc5c34)[C@H](OC(C)=O)[C@@H](OC(C)=O)[C@@H]2OC(C)=O)nc2c1ncn2[C@H]1C[C@H](O)[C@@H](COC(c2ccccc2)(c2ccc(OC)cc2)c2ccc(OC)cc2)O1. The van der Waals surface area contributed by atoms with Crippen LogP contribution < -0.4 is 19.5 Å². The van der Waals surface area contributed by atoms with Gasteiger partial charge in [-0.25, -0.2) is 4.98 Å². The Morgan fingerprint density at radius 1 is 0.760 bits per heavy atom. The minimum Gasteiger partial charge on any atom is -0.497 e. The summed E-state index contributed by atoms with van der Waals surface area (Å²) >= 11 is 0. The average Bonchev–Trinajstić information content (AvgIpc) is 4.02. The van der Waals surface area contributed by atoms with Crippen LogP contribution in [0.5, 0.6) is 17.4 Å². The van der Waals surface area contributed by atoms with Crippen LogP contribution in [0.1, 0.15) is 73.4 Å². The summed E-state index contributed by atoms with van der Waals surface area (Å²) in [4.78, 5) is 53.5. The van der Waals surface area contributed by atoms with Crippen LogP contribution in [0.25, 0.3) is 32.7 Å². The molecular formula is C58H55N5O12. The van der Waals surface area contributed by atoms with Crippen molar-refractivity contribution < 1.29 is 57.4 Å². The number of esters is 3. The monoisotopic (exact) mass is 1010 g/mol. The summed E-state index contributed by atoms with van der Waals surface area (Å²) in [7, 11) is 3.23. The van der Waals surface area contributed by atoms with Crippen LogP contribution in [0.4, 0.5) is 5.95 Å². The van der Waals surface area contributed by atoms with Gasteiger partial charge >= 0.3 is 17.9 Å². The molecule has 0 saturated carbocycles. The second-order valence-electron chi connectivity index (χ2n) is 18.3. The van der Waals surface area contributed by atoms with E-state index in [1.807, 2.05) is 127 Å². The number of imidazole rings is 1. The van der Waals surface area contributed by atoms with Crippen LogP contribution in [0, 0.1) is 0 Å². The van der Waals surface area contributed by atoms with Gasteiger partial charge < -0.3 is 48.3 Å². The van der Waals surface area contributed by atoms with E-state index in [2.05, 4.69) is 11.9 Å². The molecule has 0 unspecified atom stereocenters. The highest BCUT2D eigenvalue weighted by Crippen LogP contribution is 2.49. The summed E-state index contributed by atoms with van der Waals surface area (Å²) < 4.78 is 50.8. The zero-order valence-electron chi connectivity index (χ0n) is 41.9. The number of rotatable bonds is 17. The molecule has 0 radical (unpaired) electrons. The van der Waals surface area contributed by atoms with Crippen molar-refractivity contribution in [1.82, 2.24) is 19.5 Å². The smallest absolute Gasteiger partial charge is 0.303 e. The highest BCUT2D eigenvalue weighted by molar-refractivity contribution is 6.10. The molecule has 2 aliphatic rings. The van der Waals surface area contributed by atoms with Gasteiger partial charge in [-0.2, -0.15) is 9.97 Å². The van der Waals surface area contributed by atoms with E-state index in [9.17, 15) is 19.5 Å². The molecule has 10 rings (SSSR count). The third-order valence-corrected chi connectivity index (χ3v) is 13.6. The van der Waals surface area contributed by atoms with Crippen molar-refractivity contribution in [3.05, 3.63) is 174 Å². The molecule has 2 aromatic heterocycles. The summed E-state index contributed by atoms with van der Waals surface area (Å²) in [6.45, 7) is 7.57. The number of nitrogens with one attached hydrogen (secondary N) is 1. The molecule has 1 saturated heterocycles. The van der Waals surface area contributed by atoms with Gasteiger partial charge in [0.2, 0.25) is 11.8 Å². The number of fused-ring (bicyclic) bond motifs is 6. The van der Waals surface area contributed by atoms with E-state index in [1.54, 1.807) is 31.2 Å². The number of aliphatic hydroxyl groups is 1. The van der Waals surface area contributed by atoms with E-state index < -0.39 is 66.3 Å². The van der Waals surface area contributed by atoms with E-state index in [-0.39, 0.29) is 42.6 Å². The predicted molar refractivity (Wildman–Crippen MR) is 277 cm³/mol. The van der Waals surface area contributed by atoms with Gasteiger partial charge in [-0.15, -0.1) is 0 Å². The fraction of sp³-hybridized carbons (Fsp3) is 0.276. The Labute approximate surface area is 431 Å². The fourth-order valence-corrected chi connectivity index (χ4v) is 10.4. The lowest BCUT2D eigenvalue weighted by atomic mass is 9.77. The number of benzene rings is 6. The number of methoxy groups -OCH3 is 2. The van der Waals surface area contributed by atoms with Crippen LogP contribution >= 0.6 is 0 Å². The highest BCUT2D eigenvalue weighted by atomic mass is 16.6. The third kappa shape index (κ3) is 9.68. The number of carbonyl (C=O) groups is 3. The van der Waals surface area contributed by atoms with Gasteiger partial charge in [-0.1, -0.05) is 116 Å². The quantitative estimate of drug-likeness (QED) is 0.0287. The zero-order chi connectivity index (χ0) is 52.4. The molecule has 6 aromatic carbocycles. The van der Waals surface area contributed by atoms with Gasteiger partial charge in [-0.05, 0) is 68.1 Å². The maximum absolute atomic E-state index is 13.2. The van der Waals surface area contributed by atoms with Gasteiger partial charge in [0.1, 0.15) is 36.0 Å². The molecule has 17 nitrogen and oxygen atoms in total. The highest BCUT2D eigenvalue weighted by Gasteiger charge is 2.50. The second-order valence-corrected chi connectivity index (χ2v) is 18.3. The molecule has 384 valence electrons. The number of hydrogen-bond donors (Lipinski definition) is 2. The molecule has 3 heterocycles. The lowest BCUT2D eigenvalue weighted by Crippen LogP contribution is -2.50. The number of ether oxygens (including phenoxy) is 8. The molecule has 1 fully saturated rings. The first-order chi connectivity index (χ1) is 36.4. The molecule has 2 N–H and O–H groups in total. The normalized spacial score (nSPS) is 20.3. The van der Waals surface area contributed by atoms with Crippen LogP contribution in [0.2, 0.25) is 0 Å². The Balaban J connectivity index is 1.05. The van der Waals surface area contributed by atoms with Crippen LogP contribution in [0.3, 0.4) is 0 Å². The summed E-state index contributed by atoms with van der Waals surface area (Å²) in [5.74, 6) is -0.579. The molecule has 8 aromatic rings. The summed E-state index contributed by atoms with van der Waals surface area (Å²) in [6.07, 6.45) is -3.21. The van der Waals surface area contributed by atoms with Crippen LogP contribution in [0.15, 0.2) is 146 Å². The van der Waals surface area contributed by atoms with E-state index in [1.165, 1.54) is 20.8 Å². The van der Waals surface area contributed by atoms with Gasteiger partial charge in [0.25, 0.3) is 0 Å². The Bertz CT molecular complexity index is 3360. The molecule has 1 aliphatic heterocycles. The number of aromatic nitrogens is 4. The topological polar surface area (TPSA) is 201 Å². The Hall–Kier alpha value is -8.38. The second kappa shape index (κ2) is 21.2. The third-order valence-electron chi connectivity index (χ3n) is 13.6. The van der Waals surface area contributed by atoms with Crippen molar-refractivity contribution in [2.45, 2.75) is 75.6 Å². The average molecular weight is 1010 g/mol. The number of anilines is 1. The Morgan fingerprint density at radius 2 is 1.37 bits per heavy atom. The first-order valence-corrected chi connectivity index (χ1v) is 24.4. The van der Waals surface area contributed by atoms with E-state index in [0.717, 1.165) is 38.2 Å². The van der Waals surface area contributed by atoms with Crippen molar-refractivity contribution in [2.24, 2.45) is 0 Å². The summed E-state index contributed by atoms with van der Waals surface area (Å²) in [5.41, 5.74) is 2.95. The minimum absolute atomic E-state index is 0.00576. The van der Waals surface area contributed by atoms with Crippen molar-refractivity contribution in [1.29, 1.82) is 0 Å². The lowest BCUT2D eigenvalue weighted by molar-refractivity contribution is -0.187. The van der Waals surface area contributed by atoms with E-state index in [4.69, 9.17) is 52.8 Å². The van der Waals surface area contributed by atoms with Crippen molar-refractivity contribution in [2.75, 3.05) is 32.8 Å². The first-order valence-electron chi connectivity index (χ1n) is 24.4. The van der Waals surface area contributed by atoms with Crippen LogP contribution in [-0.2, 0) is 43.7 Å². The largest absolute Gasteiger partial charge is 0.497 e. The molecule has 0 amide bonds. The van der Waals surface area contributed by atoms with Crippen LogP contribution in [-0.4, -0.2) is 94.4 Å². The molecule has 17 heteroatoms. The van der Waals surface area contributed by atoms with E-state index >= 15 is 0 Å². The standard InChI is InChI=1S/C58H55N5O12/c1-7-29-70-56-51-55(61-57(62-56)60-50-49-44(28-19-37-18-17-36-13-11-12-16-43(36)48(37)49)52(72-33(2)64)54(74-35(4)66)53(50)73-34(3)65)63(32-59-51)47-30-45(67)46(75-47)31-71-58(38-14-9-8-10-15-38,39-20-24-41(68-5)25-21-39)40-22-26-42(69-6)27-23-40/h7-28,32,45-47,50,52-54,67H,1,29-31H2,2-6H3,(H,60,61,62)/t45-,46+,47+,50+,52-,53+,54+/m0/s1. The summed E-state index contributed by atoms with van der Waals surface area (Å²) in [6, 6.07) is 39.7. The molecule has 1 aliphatic carbocycles. The molecule has 75 heavy (non-hydrogen) atoms. The molecule has 7 atom stereocenters. The number of hydrogen-bond acceptors (Lipinski definition) is 16. The maximum Gasteiger partial charge on any atom is 0.303 e. The van der Waals surface area contributed by atoms with Gasteiger partial charge in [0, 0.05) is 32.8 Å². The maximum atomic E-state index is 13.2. The predicted octanol–water partition coefficient (Wildman–Crippen LogP) is 9.01. The fourth-order valence-electron chi connectivity index (χ4n) is 10.4. The Kier molecular flexibility index (Phi) is 14.2. The van der Waals surface area contributed by atoms with Crippen molar-refractivity contribution in [3.63, 3.8) is 0 Å². The number of carbonyl (C=O) groups excluding carboxylic acids is 3. The van der Waals surface area contributed by atoms with Gasteiger partial charge in [0.15, 0.2) is 29.5 Å². The van der Waals surface area contributed by atoms with Crippen molar-refractivity contribution in [3.8, 4) is 17.4 Å². The first kappa shape index (κ1) is 50.2. The Morgan fingerprint density at radius 3 is 2.03 bits per heavy atom. The minimum atomic E-state index is -1.32. The molecule has 0 bridgehead atoms.